The Hall–Kier alpha value is 0.883. The van der Waals surface area contributed by atoms with Crippen LogP contribution < -0.4 is 0 Å². The number of rotatable bonds is 0. The summed E-state index contributed by atoms with van der Waals surface area (Å²) in [6.07, 6.45) is 0. The van der Waals surface area contributed by atoms with E-state index >= 15 is 0 Å². The topological polar surface area (TPSA) is 0 Å². The second-order valence-electron chi connectivity index (χ2n) is 0.267. The van der Waals surface area contributed by atoms with E-state index in [4.69, 9.17) is 0 Å². The minimum atomic E-state index is 0. The van der Waals surface area contributed by atoms with Crippen molar-refractivity contribution in [1.29, 1.82) is 0 Å². The summed E-state index contributed by atoms with van der Waals surface area (Å²) in [5, 5.41) is 0. The molecule has 0 bridgehead atoms. The van der Waals surface area contributed by atoms with E-state index in [2.05, 4.69) is 6.92 Å². The van der Waals surface area contributed by atoms with Crippen molar-refractivity contribution < 1.29 is 24.7 Å². The molecule has 36 valence electrons. The van der Waals surface area contributed by atoms with E-state index < -0.39 is 0 Å². The second-order valence-corrected chi connectivity index (χ2v) is 2.35. The van der Waals surface area contributed by atoms with Gasteiger partial charge in [0, 0.05) is 0 Å². The molecule has 0 nitrogen and oxygen atoms in total. The Morgan fingerprint density at radius 3 is 1.40 bits per heavy atom. The fraction of sp³-hybridized carbons (Fsp3) is 1.00. The fourth-order valence-electron chi connectivity index (χ4n) is 0. The van der Waals surface area contributed by atoms with Crippen LogP contribution in [0, 0.1) is 24.7 Å². The molecular weight excluding hydrogens is 258 g/mol. The van der Waals surface area contributed by atoms with Crippen LogP contribution in [0.2, 0.25) is 4.13 Å². The SMILES string of the molecule is C.C.CC[At]. The van der Waals surface area contributed by atoms with E-state index in [0.29, 0.717) is 0 Å². The summed E-state index contributed by atoms with van der Waals surface area (Å²) >= 11 is 1.82. The van der Waals surface area contributed by atoms with E-state index in [1.807, 2.05) is 24.7 Å². The van der Waals surface area contributed by atoms with Gasteiger partial charge in [0.25, 0.3) is 0 Å². The summed E-state index contributed by atoms with van der Waals surface area (Å²) in [7, 11) is 0. The summed E-state index contributed by atoms with van der Waals surface area (Å²) in [6.45, 7) is 2.15. The number of hydrogen-bond acceptors (Lipinski definition) is 0. The molecule has 0 radical (unpaired) electrons. The average molecular weight is 271 g/mol. The molecule has 0 aromatic heterocycles. The summed E-state index contributed by atoms with van der Waals surface area (Å²) in [5.41, 5.74) is 0. The van der Waals surface area contributed by atoms with Crippen molar-refractivity contribution in [3.05, 3.63) is 0 Å². The van der Waals surface area contributed by atoms with Gasteiger partial charge in [0.15, 0.2) is 0 Å². The Balaban J connectivity index is -0.0000000200. The third-order valence-corrected chi connectivity index (χ3v) is 0. The molecule has 0 saturated carbocycles. The predicted molar refractivity (Wildman–Crippen MR) is 23.9 cm³/mol. The van der Waals surface area contributed by atoms with Gasteiger partial charge in [-0.3, -0.25) is 0 Å². The first-order valence-electron chi connectivity index (χ1n) is 0.974. The monoisotopic (exact) mass is 271 g/mol. The zero-order chi connectivity index (χ0) is 2.71. The predicted octanol–water partition coefficient (Wildman–Crippen LogP) is 2.25. The molecule has 1 heteroatoms. The Bertz CT molecular complexity index is 3.61. The molecular formula is C4H13At. The Morgan fingerprint density at radius 1 is 1.40 bits per heavy atom. The first-order chi connectivity index (χ1) is 1.41. The van der Waals surface area contributed by atoms with Gasteiger partial charge in [0.1, 0.15) is 0 Å². The molecule has 0 atom stereocenters. The summed E-state index contributed by atoms with van der Waals surface area (Å²) in [5.74, 6) is 0. The van der Waals surface area contributed by atoms with Gasteiger partial charge in [0.05, 0.1) is 0 Å². The fourth-order valence-corrected chi connectivity index (χ4v) is 0. The molecule has 0 amide bonds. The van der Waals surface area contributed by atoms with Crippen molar-refractivity contribution >= 4 is 0 Å². The van der Waals surface area contributed by atoms with Crippen molar-refractivity contribution in [3.8, 4) is 0 Å². The van der Waals surface area contributed by atoms with Crippen LogP contribution >= 0.6 is 0 Å². The quantitative estimate of drug-likeness (QED) is 0.634. The molecule has 0 heterocycles. The van der Waals surface area contributed by atoms with Crippen molar-refractivity contribution in [2.24, 2.45) is 0 Å². The Kier molecular flexibility index (Phi) is 70.1. The van der Waals surface area contributed by atoms with Gasteiger partial charge in [-0.15, -0.1) is 0 Å². The molecule has 0 saturated heterocycles. The number of hydrogen-bond donors (Lipinski definition) is 0. The van der Waals surface area contributed by atoms with E-state index in [9.17, 15) is 0 Å². The van der Waals surface area contributed by atoms with Crippen molar-refractivity contribution in [3.63, 3.8) is 0 Å². The normalized spacial score (nSPS) is 3.60. The molecule has 0 fully saturated rings. The van der Waals surface area contributed by atoms with Crippen molar-refractivity contribution in [1.82, 2.24) is 0 Å². The van der Waals surface area contributed by atoms with Gasteiger partial charge >= 0.3 is 35.8 Å². The van der Waals surface area contributed by atoms with Crippen LogP contribution in [0.3, 0.4) is 0 Å². The summed E-state index contributed by atoms with van der Waals surface area (Å²) in [4.78, 5) is 0. The molecule has 0 aromatic carbocycles. The van der Waals surface area contributed by atoms with Crippen LogP contribution in [0.1, 0.15) is 21.8 Å². The van der Waals surface area contributed by atoms with Gasteiger partial charge < -0.3 is 0 Å². The van der Waals surface area contributed by atoms with Crippen LogP contribution in [0.15, 0.2) is 0 Å². The molecule has 0 aliphatic rings. The van der Waals surface area contributed by atoms with Crippen LogP contribution in [0.5, 0.6) is 0 Å². The summed E-state index contributed by atoms with van der Waals surface area (Å²) in [6, 6.07) is 0. The first kappa shape index (κ1) is 16.9. The van der Waals surface area contributed by atoms with Gasteiger partial charge in [-0.05, 0) is 0 Å². The molecule has 0 spiro atoms. The van der Waals surface area contributed by atoms with Gasteiger partial charge in [-0.25, -0.2) is 0 Å². The van der Waals surface area contributed by atoms with Gasteiger partial charge in [-0.2, -0.15) is 0 Å². The molecule has 0 unspecified atom stereocenters. The molecule has 0 aliphatic carbocycles. The van der Waals surface area contributed by atoms with E-state index in [0.717, 1.165) is 0 Å². The van der Waals surface area contributed by atoms with E-state index in [-0.39, 0.29) is 14.9 Å². The van der Waals surface area contributed by atoms with Crippen LogP contribution in [0.4, 0.5) is 0 Å². The second kappa shape index (κ2) is 20.8. The Morgan fingerprint density at radius 2 is 1.40 bits per heavy atom. The third-order valence-electron chi connectivity index (χ3n) is 0. The van der Waals surface area contributed by atoms with E-state index in [1.54, 1.807) is 0 Å². The molecule has 0 rings (SSSR count). The molecule has 0 N–H and O–H groups in total. The summed E-state index contributed by atoms with van der Waals surface area (Å²) < 4.78 is 1.31. The van der Waals surface area contributed by atoms with Crippen molar-refractivity contribution in [2.75, 3.05) is 0 Å². The average Bonchev–Trinajstić information content (AvgIpc) is 0.918. The van der Waals surface area contributed by atoms with Crippen molar-refractivity contribution in [2.45, 2.75) is 25.9 Å². The first-order valence-corrected chi connectivity index (χ1v) is 3.05. The molecule has 5 heavy (non-hydrogen) atoms. The molecule has 0 aromatic rings. The minimum absolute atomic E-state index is 0. The van der Waals surface area contributed by atoms with Gasteiger partial charge in [-0.1, -0.05) is 14.9 Å². The zero-order valence-electron chi connectivity index (χ0n) is 2.09. The third kappa shape index (κ3) is 52.0. The standard InChI is InChI=1S/C2H5At.2CH4/c1-2-3;;/h2H2,1H3;2*1H4. The van der Waals surface area contributed by atoms with Gasteiger partial charge in [0.2, 0.25) is 0 Å². The van der Waals surface area contributed by atoms with Crippen LogP contribution in [-0.2, 0) is 0 Å². The Labute approximate surface area is 50.8 Å². The van der Waals surface area contributed by atoms with Crippen LogP contribution in [-0.4, -0.2) is 0 Å². The van der Waals surface area contributed by atoms with Crippen LogP contribution in [0.25, 0.3) is 0 Å². The van der Waals surface area contributed by atoms with E-state index in [1.165, 1.54) is 4.13 Å². The zero-order valence-corrected chi connectivity index (χ0v) is 5.02. The maximum absolute atomic E-state index is 2.15. The molecule has 0 aliphatic heterocycles. The maximum atomic E-state index is 2.15.